The zero-order valence-corrected chi connectivity index (χ0v) is 12.8. The highest BCUT2D eigenvalue weighted by Crippen LogP contribution is 2.26. The van der Waals surface area contributed by atoms with E-state index in [4.69, 9.17) is 4.74 Å². The summed E-state index contributed by atoms with van der Waals surface area (Å²) in [6.07, 6.45) is 3.40. The molecule has 2 fully saturated rings. The summed E-state index contributed by atoms with van der Waals surface area (Å²) >= 11 is 1.83. The van der Waals surface area contributed by atoms with Gasteiger partial charge in [-0.1, -0.05) is 0 Å². The summed E-state index contributed by atoms with van der Waals surface area (Å²) in [4.78, 5) is 25.6. The van der Waals surface area contributed by atoms with Crippen molar-refractivity contribution in [3.05, 3.63) is 0 Å². The Balaban J connectivity index is 1.90. The number of carbonyl (C=O) groups excluding carboxylic acids is 2. The average Bonchev–Trinajstić information content (AvgIpc) is 3.14. The van der Waals surface area contributed by atoms with Gasteiger partial charge in [0.2, 0.25) is 5.91 Å². The fourth-order valence-corrected chi connectivity index (χ4v) is 3.85. The molecule has 0 aromatic rings. The summed E-state index contributed by atoms with van der Waals surface area (Å²) in [5, 5.41) is 0. The largest absolute Gasteiger partial charge is 0.469 e. The maximum atomic E-state index is 12.5. The molecule has 2 unspecified atom stereocenters. The van der Waals surface area contributed by atoms with Gasteiger partial charge in [-0.2, -0.15) is 11.8 Å². The van der Waals surface area contributed by atoms with Crippen molar-refractivity contribution in [2.45, 2.75) is 31.8 Å². The van der Waals surface area contributed by atoms with Crippen molar-refractivity contribution in [2.24, 2.45) is 5.92 Å². The molecule has 0 N–H and O–H groups in total. The van der Waals surface area contributed by atoms with Gasteiger partial charge in [0.1, 0.15) is 0 Å². The zero-order chi connectivity index (χ0) is 14.4. The van der Waals surface area contributed by atoms with E-state index < -0.39 is 0 Å². The van der Waals surface area contributed by atoms with Gasteiger partial charge in [-0.05, 0) is 25.0 Å². The minimum Gasteiger partial charge on any atom is -0.469 e. The minimum atomic E-state index is -0.268. The lowest BCUT2D eigenvalue weighted by molar-refractivity contribution is -0.142. The molecule has 1 amide bonds. The van der Waals surface area contributed by atoms with Crippen molar-refractivity contribution in [3.63, 3.8) is 0 Å². The topological polar surface area (TPSA) is 55.8 Å². The Bertz CT molecular complexity index is 338. The first-order chi connectivity index (χ1) is 9.70. The minimum absolute atomic E-state index is 0.110. The van der Waals surface area contributed by atoms with Gasteiger partial charge in [0.25, 0.3) is 0 Å². The molecule has 20 heavy (non-hydrogen) atoms. The van der Waals surface area contributed by atoms with Crippen molar-refractivity contribution in [2.75, 3.05) is 38.3 Å². The van der Waals surface area contributed by atoms with Crippen LogP contribution in [0.1, 0.15) is 25.7 Å². The van der Waals surface area contributed by atoms with Crippen LogP contribution in [0, 0.1) is 5.92 Å². The number of amides is 1. The Hall–Kier alpha value is -0.750. The van der Waals surface area contributed by atoms with Gasteiger partial charge in [-0.25, -0.2) is 0 Å². The quantitative estimate of drug-likeness (QED) is 0.692. The highest BCUT2D eigenvalue weighted by molar-refractivity contribution is 7.99. The third kappa shape index (κ3) is 4.38. The molecule has 2 atom stereocenters. The Labute approximate surface area is 124 Å². The molecule has 0 saturated carbocycles. The van der Waals surface area contributed by atoms with Crippen molar-refractivity contribution in [1.29, 1.82) is 0 Å². The van der Waals surface area contributed by atoms with E-state index >= 15 is 0 Å². The van der Waals surface area contributed by atoms with E-state index in [1.807, 2.05) is 16.7 Å². The molecule has 6 heteroatoms. The number of ether oxygens (including phenoxy) is 2. The number of nitrogens with zero attached hydrogens (tertiary/aromatic N) is 1. The molecular formula is C14H23NO4S. The van der Waals surface area contributed by atoms with Gasteiger partial charge >= 0.3 is 5.97 Å². The zero-order valence-electron chi connectivity index (χ0n) is 12.0. The van der Waals surface area contributed by atoms with Crippen LogP contribution in [-0.2, 0) is 19.1 Å². The number of thioether (sulfide) groups is 1. The van der Waals surface area contributed by atoms with Crippen LogP contribution in [0.4, 0.5) is 0 Å². The Morgan fingerprint density at radius 2 is 2.25 bits per heavy atom. The number of rotatable bonds is 6. The van der Waals surface area contributed by atoms with Gasteiger partial charge in [0, 0.05) is 31.4 Å². The molecule has 5 nitrogen and oxygen atoms in total. The lowest BCUT2D eigenvalue weighted by Crippen LogP contribution is -2.42. The number of esters is 1. The van der Waals surface area contributed by atoms with E-state index in [2.05, 4.69) is 4.74 Å². The number of methoxy groups -OCH3 is 1. The van der Waals surface area contributed by atoms with Gasteiger partial charge in [-0.15, -0.1) is 0 Å². The molecular weight excluding hydrogens is 278 g/mol. The van der Waals surface area contributed by atoms with Gasteiger partial charge in [0.15, 0.2) is 0 Å². The Morgan fingerprint density at radius 3 is 2.85 bits per heavy atom. The number of hydrogen-bond donors (Lipinski definition) is 0. The highest BCUT2D eigenvalue weighted by atomic mass is 32.2. The van der Waals surface area contributed by atoms with E-state index in [9.17, 15) is 9.59 Å². The number of hydrogen-bond acceptors (Lipinski definition) is 5. The monoisotopic (exact) mass is 301 g/mol. The third-order valence-corrected chi connectivity index (χ3v) is 5.01. The molecule has 114 valence electrons. The average molecular weight is 301 g/mol. The van der Waals surface area contributed by atoms with Crippen LogP contribution in [0.25, 0.3) is 0 Å². The Kier molecular flexibility index (Phi) is 6.16. The van der Waals surface area contributed by atoms with Crippen LogP contribution in [0.2, 0.25) is 0 Å². The molecule has 2 saturated heterocycles. The van der Waals surface area contributed by atoms with Crippen molar-refractivity contribution < 1.29 is 19.1 Å². The van der Waals surface area contributed by atoms with Crippen LogP contribution < -0.4 is 0 Å². The molecule has 0 bridgehead atoms. The molecule has 0 radical (unpaired) electrons. The summed E-state index contributed by atoms with van der Waals surface area (Å²) in [5.41, 5.74) is 0. The predicted octanol–water partition coefficient (Wildman–Crippen LogP) is 1.31. The molecule has 2 aliphatic rings. The lowest BCUT2D eigenvalue weighted by atomic mass is 10.1. The first-order valence-electron chi connectivity index (χ1n) is 7.25. The second kappa shape index (κ2) is 7.88. The van der Waals surface area contributed by atoms with Crippen LogP contribution in [-0.4, -0.2) is 61.2 Å². The summed E-state index contributed by atoms with van der Waals surface area (Å²) in [7, 11) is 1.38. The summed E-state index contributed by atoms with van der Waals surface area (Å²) in [5.74, 6) is 1.98. The van der Waals surface area contributed by atoms with Gasteiger partial charge in [0.05, 0.1) is 19.6 Å². The first kappa shape index (κ1) is 15.6. The number of carbonyl (C=O) groups is 2. The maximum Gasteiger partial charge on any atom is 0.307 e. The molecule has 0 aromatic carbocycles. The van der Waals surface area contributed by atoms with E-state index in [0.717, 1.165) is 37.4 Å². The van der Waals surface area contributed by atoms with Crippen LogP contribution in [0.5, 0.6) is 0 Å². The fourth-order valence-electron chi connectivity index (χ4n) is 2.64. The van der Waals surface area contributed by atoms with Crippen molar-refractivity contribution in [3.8, 4) is 0 Å². The standard InChI is InChI=1S/C14H23NO4S/c1-18-13(16)4-6-15(9-12-3-2-7-19-12)14(17)11-5-8-20-10-11/h11-12H,2-10H2,1H3. The maximum absolute atomic E-state index is 12.5. The third-order valence-electron chi connectivity index (χ3n) is 3.85. The molecule has 0 spiro atoms. The van der Waals surface area contributed by atoms with Crippen LogP contribution in [0.3, 0.4) is 0 Å². The SMILES string of the molecule is COC(=O)CCN(CC1CCCO1)C(=O)C1CCSC1. The highest BCUT2D eigenvalue weighted by Gasteiger charge is 2.30. The molecule has 0 aliphatic carbocycles. The van der Waals surface area contributed by atoms with Crippen molar-refractivity contribution >= 4 is 23.6 Å². The fraction of sp³-hybridized carbons (Fsp3) is 0.857. The molecule has 2 aliphatic heterocycles. The van der Waals surface area contributed by atoms with E-state index in [1.165, 1.54) is 7.11 Å². The van der Waals surface area contributed by atoms with Crippen LogP contribution in [0.15, 0.2) is 0 Å². The van der Waals surface area contributed by atoms with Gasteiger partial charge in [-0.3, -0.25) is 9.59 Å². The second-order valence-electron chi connectivity index (χ2n) is 5.31. The Morgan fingerprint density at radius 1 is 1.40 bits per heavy atom. The molecule has 2 heterocycles. The smallest absolute Gasteiger partial charge is 0.307 e. The van der Waals surface area contributed by atoms with E-state index in [0.29, 0.717) is 13.1 Å². The summed E-state index contributed by atoms with van der Waals surface area (Å²) < 4.78 is 10.3. The molecule has 2 rings (SSSR count). The van der Waals surface area contributed by atoms with Crippen molar-refractivity contribution in [1.82, 2.24) is 4.90 Å². The van der Waals surface area contributed by atoms with Crippen LogP contribution >= 0.6 is 11.8 Å². The summed E-state index contributed by atoms with van der Waals surface area (Å²) in [6.45, 7) is 1.83. The lowest BCUT2D eigenvalue weighted by Gasteiger charge is -2.27. The molecule has 0 aromatic heterocycles. The van der Waals surface area contributed by atoms with Gasteiger partial charge < -0.3 is 14.4 Å². The second-order valence-corrected chi connectivity index (χ2v) is 6.46. The predicted molar refractivity (Wildman–Crippen MR) is 77.6 cm³/mol. The van der Waals surface area contributed by atoms with E-state index in [1.54, 1.807) is 0 Å². The normalized spacial score (nSPS) is 25.6. The van der Waals surface area contributed by atoms with E-state index in [-0.39, 0.29) is 30.3 Å². The summed E-state index contributed by atoms with van der Waals surface area (Å²) in [6, 6.07) is 0. The first-order valence-corrected chi connectivity index (χ1v) is 8.41.